The SMILES string of the molecule is C=C(Br)CNS(=O)(=O)CC. The van der Waals surface area contributed by atoms with Gasteiger partial charge in [-0.15, -0.1) is 0 Å². The molecule has 0 spiro atoms. The van der Waals surface area contributed by atoms with Crippen LogP contribution in [0.25, 0.3) is 0 Å². The number of sulfonamides is 1. The molecule has 0 bridgehead atoms. The fourth-order valence-electron chi connectivity index (χ4n) is 0.290. The molecule has 0 rings (SSSR count). The van der Waals surface area contributed by atoms with Crippen molar-refractivity contribution in [2.45, 2.75) is 6.92 Å². The maximum atomic E-state index is 10.7. The van der Waals surface area contributed by atoms with Gasteiger partial charge in [-0.05, 0) is 6.92 Å². The quantitative estimate of drug-likeness (QED) is 0.774. The highest BCUT2D eigenvalue weighted by Crippen LogP contribution is 1.97. The largest absolute Gasteiger partial charge is 0.212 e. The molecule has 10 heavy (non-hydrogen) atoms. The maximum Gasteiger partial charge on any atom is 0.211 e. The summed E-state index contributed by atoms with van der Waals surface area (Å²) in [5, 5.41) is 0. The second-order valence-corrected chi connectivity index (χ2v) is 4.96. The highest BCUT2D eigenvalue weighted by molar-refractivity contribution is 9.11. The van der Waals surface area contributed by atoms with E-state index in [0.717, 1.165) is 0 Å². The Morgan fingerprint density at radius 2 is 2.20 bits per heavy atom. The van der Waals surface area contributed by atoms with Gasteiger partial charge in [0.15, 0.2) is 0 Å². The second-order valence-electron chi connectivity index (χ2n) is 1.74. The predicted octanol–water partition coefficient (Wildman–Crippen LogP) is 0.834. The number of hydrogen-bond donors (Lipinski definition) is 1. The third-order valence-corrected chi connectivity index (χ3v) is 2.49. The van der Waals surface area contributed by atoms with Gasteiger partial charge in [0, 0.05) is 11.0 Å². The van der Waals surface area contributed by atoms with Crippen LogP contribution in [0.1, 0.15) is 6.92 Å². The third kappa shape index (κ3) is 4.96. The molecule has 1 N–H and O–H groups in total. The van der Waals surface area contributed by atoms with E-state index >= 15 is 0 Å². The van der Waals surface area contributed by atoms with Gasteiger partial charge in [-0.25, -0.2) is 13.1 Å². The van der Waals surface area contributed by atoms with Crippen molar-refractivity contribution in [3.8, 4) is 0 Å². The zero-order chi connectivity index (χ0) is 8.20. The van der Waals surface area contributed by atoms with Crippen LogP contribution in [0.4, 0.5) is 0 Å². The summed E-state index contributed by atoms with van der Waals surface area (Å²) in [4.78, 5) is 0. The molecule has 0 atom stereocenters. The summed E-state index contributed by atoms with van der Waals surface area (Å²) in [5.41, 5.74) is 0. The Morgan fingerprint density at radius 3 is 2.50 bits per heavy atom. The van der Waals surface area contributed by atoms with E-state index in [1.54, 1.807) is 6.92 Å². The van der Waals surface area contributed by atoms with E-state index in [2.05, 4.69) is 27.2 Å². The summed E-state index contributed by atoms with van der Waals surface area (Å²) in [6.45, 7) is 5.32. The molecule has 0 aliphatic carbocycles. The Hall–Kier alpha value is 0.130. The lowest BCUT2D eigenvalue weighted by molar-refractivity contribution is 0.587. The first-order valence-electron chi connectivity index (χ1n) is 2.78. The molecular weight excluding hydrogens is 218 g/mol. The van der Waals surface area contributed by atoms with Gasteiger partial charge in [0.25, 0.3) is 0 Å². The van der Waals surface area contributed by atoms with E-state index in [-0.39, 0.29) is 12.3 Å². The Bertz CT molecular complexity index is 210. The Balaban J connectivity index is 3.81. The summed E-state index contributed by atoms with van der Waals surface area (Å²) in [7, 11) is -3.06. The molecule has 0 radical (unpaired) electrons. The highest BCUT2D eigenvalue weighted by atomic mass is 79.9. The van der Waals surface area contributed by atoms with Gasteiger partial charge in [0.2, 0.25) is 10.0 Å². The van der Waals surface area contributed by atoms with Crippen molar-refractivity contribution in [1.29, 1.82) is 0 Å². The summed E-state index contributed by atoms with van der Waals surface area (Å²) < 4.78 is 24.4. The normalized spacial score (nSPS) is 11.4. The smallest absolute Gasteiger partial charge is 0.211 e. The summed E-state index contributed by atoms with van der Waals surface area (Å²) in [6.07, 6.45) is 0. The van der Waals surface area contributed by atoms with Gasteiger partial charge in [0.05, 0.1) is 5.75 Å². The van der Waals surface area contributed by atoms with E-state index in [1.165, 1.54) is 0 Å². The molecule has 0 aromatic heterocycles. The van der Waals surface area contributed by atoms with Crippen molar-refractivity contribution >= 4 is 26.0 Å². The third-order valence-electron chi connectivity index (χ3n) is 0.864. The highest BCUT2D eigenvalue weighted by Gasteiger charge is 2.04. The van der Waals surface area contributed by atoms with Crippen LogP contribution in [0.15, 0.2) is 11.1 Å². The zero-order valence-corrected chi connectivity index (χ0v) is 8.13. The van der Waals surface area contributed by atoms with Crippen molar-refractivity contribution in [2.24, 2.45) is 0 Å². The monoisotopic (exact) mass is 227 g/mol. The predicted molar refractivity (Wildman–Crippen MR) is 45.5 cm³/mol. The van der Waals surface area contributed by atoms with Crippen molar-refractivity contribution < 1.29 is 8.42 Å². The summed E-state index contributed by atoms with van der Waals surface area (Å²) in [6, 6.07) is 0. The van der Waals surface area contributed by atoms with E-state index in [9.17, 15) is 8.42 Å². The lowest BCUT2D eigenvalue weighted by Crippen LogP contribution is -2.26. The first-order chi connectivity index (χ1) is 4.48. The molecule has 60 valence electrons. The van der Waals surface area contributed by atoms with Crippen LogP contribution in [0.5, 0.6) is 0 Å². The molecule has 0 aromatic carbocycles. The number of nitrogens with one attached hydrogen (secondary N) is 1. The zero-order valence-electron chi connectivity index (χ0n) is 5.72. The van der Waals surface area contributed by atoms with Gasteiger partial charge in [0.1, 0.15) is 0 Å². The van der Waals surface area contributed by atoms with Crippen molar-refractivity contribution in [3.05, 3.63) is 11.1 Å². The van der Waals surface area contributed by atoms with Gasteiger partial charge in [-0.1, -0.05) is 22.5 Å². The van der Waals surface area contributed by atoms with Crippen LogP contribution in [-0.2, 0) is 10.0 Å². The number of hydrogen-bond acceptors (Lipinski definition) is 2. The van der Waals surface area contributed by atoms with Gasteiger partial charge in [-0.3, -0.25) is 0 Å². The molecule has 0 aromatic rings. The van der Waals surface area contributed by atoms with Crippen LogP contribution in [-0.4, -0.2) is 20.7 Å². The summed E-state index contributed by atoms with van der Waals surface area (Å²) in [5.74, 6) is 0.104. The number of halogens is 1. The molecule has 0 saturated carbocycles. The van der Waals surface area contributed by atoms with Gasteiger partial charge in [-0.2, -0.15) is 0 Å². The molecule has 0 heterocycles. The van der Waals surface area contributed by atoms with Crippen LogP contribution in [0.3, 0.4) is 0 Å². The lowest BCUT2D eigenvalue weighted by Gasteiger charge is -2.00. The minimum absolute atomic E-state index is 0.104. The van der Waals surface area contributed by atoms with E-state index < -0.39 is 10.0 Å². The average Bonchev–Trinajstić information content (AvgIpc) is 1.85. The van der Waals surface area contributed by atoms with Crippen LogP contribution < -0.4 is 4.72 Å². The molecule has 0 saturated heterocycles. The Morgan fingerprint density at radius 1 is 1.70 bits per heavy atom. The maximum absolute atomic E-state index is 10.7. The number of rotatable bonds is 4. The molecule has 0 unspecified atom stereocenters. The molecule has 0 aliphatic rings. The van der Waals surface area contributed by atoms with E-state index in [0.29, 0.717) is 4.48 Å². The van der Waals surface area contributed by atoms with Crippen LogP contribution in [0.2, 0.25) is 0 Å². The molecule has 3 nitrogen and oxygen atoms in total. The molecular formula is C5H10BrNO2S. The lowest BCUT2D eigenvalue weighted by atomic mass is 10.7. The van der Waals surface area contributed by atoms with Crippen molar-refractivity contribution in [2.75, 3.05) is 12.3 Å². The first-order valence-corrected chi connectivity index (χ1v) is 5.23. The Labute approximate surface area is 69.7 Å². The first kappa shape index (κ1) is 10.1. The fraction of sp³-hybridized carbons (Fsp3) is 0.600. The van der Waals surface area contributed by atoms with Crippen molar-refractivity contribution in [1.82, 2.24) is 4.72 Å². The fourth-order valence-corrected chi connectivity index (χ4v) is 1.21. The topological polar surface area (TPSA) is 46.2 Å². The van der Waals surface area contributed by atoms with Crippen molar-refractivity contribution in [3.63, 3.8) is 0 Å². The second kappa shape index (κ2) is 4.10. The summed E-state index contributed by atoms with van der Waals surface area (Å²) >= 11 is 3.03. The molecule has 5 heteroatoms. The van der Waals surface area contributed by atoms with Gasteiger partial charge >= 0.3 is 0 Å². The molecule has 0 aliphatic heterocycles. The molecule has 0 amide bonds. The Kier molecular flexibility index (Phi) is 4.15. The van der Waals surface area contributed by atoms with Crippen LogP contribution >= 0.6 is 15.9 Å². The minimum Gasteiger partial charge on any atom is -0.212 e. The van der Waals surface area contributed by atoms with Gasteiger partial charge < -0.3 is 0 Å². The van der Waals surface area contributed by atoms with Crippen LogP contribution in [0, 0.1) is 0 Å². The van der Waals surface area contributed by atoms with E-state index in [1.807, 2.05) is 0 Å². The van der Waals surface area contributed by atoms with E-state index in [4.69, 9.17) is 0 Å². The minimum atomic E-state index is -3.06. The molecule has 0 fully saturated rings. The standard InChI is InChI=1S/C5H10BrNO2S/c1-3-10(8,9)7-4-5(2)6/h7H,2-4H2,1H3. The average molecular weight is 228 g/mol.